The average molecular weight is 363 g/mol. The number of esters is 2. The first-order chi connectivity index (χ1) is 10.9. The summed E-state index contributed by atoms with van der Waals surface area (Å²) in [5, 5.41) is 5.20. The van der Waals surface area contributed by atoms with Crippen molar-refractivity contribution >= 4 is 46.9 Å². The molecule has 0 radical (unpaired) electrons. The number of hydrogen-bond donors (Lipinski definition) is 2. The molecule has 23 heavy (non-hydrogen) atoms. The van der Waals surface area contributed by atoms with Gasteiger partial charge >= 0.3 is 18.0 Å². The minimum atomic E-state index is -1.57. The van der Waals surface area contributed by atoms with Gasteiger partial charge in [0.15, 0.2) is 0 Å². The zero-order valence-electron chi connectivity index (χ0n) is 12.5. The number of nitrogens with one attached hydrogen (secondary N) is 2. The average Bonchev–Trinajstić information content (AvgIpc) is 2.48. The molecule has 2 N–H and O–H groups in total. The molecule has 1 rings (SSSR count). The molecule has 1 aromatic rings. The molecule has 0 bridgehead atoms. The van der Waals surface area contributed by atoms with Gasteiger partial charge in [-0.25, -0.2) is 14.4 Å². The summed E-state index contributed by atoms with van der Waals surface area (Å²) in [5.41, 5.74) is 0.264. The monoisotopic (exact) mass is 362 g/mol. The predicted octanol–water partition coefficient (Wildman–Crippen LogP) is 2.61. The van der Waals surface area contributed by atoms with Crippen LogP contribution < -0.4 is 10.6 Å². The minimum absolute atomic E-state index is 0.0566. The highest BCUT2D eigenvalue weighted by Crippen LogP contribution is 2.25. The summed E-state index contributed by atoms with van der Waals surface area (Å²) in [4.78, 5) is 35.4. The molecule has 0 saturated heterocycles. The van der Waals surface area contributed by atoms with Gasteiger partial charge in [-0.2, -0.15) is 0 Å². The number of benzene rings is 1. The van der Waals surface area contributed by atoms with Crippen LogP contribution in [-0.4, -0.2) is 37.2 Å². The van der Waals surface area contributed by atoms with E-state index < -0.39 is 24.0 Å². The fourth-order valence-electron chi connectivity index (χ4n) is 1.55. The number of hydrogen-bond acceptors (Lipinski definition) is 5. The smallest absolute Gasteiger partial charge is 0.340 e. The van der Waals surface area contributed by atoms with Crippen LogP contribution in [0.5, 0.6) is 0 Å². The minimum Gasteiger partial charge on any atom is -0.464 e. The van der Waals surface area contributed by atoms with Gasteiger partial charge in [0.2, 0.25) is 6.04 Å². The fourth-order valence-corrected chi connectivity index (χ4v) is 2.00. The molecule has 2 amide bonds. The Bertz CT molecular complexity index is 577. The largest absolute Gasteiger partial charge is 0.464 e. The van der Waals surface area contributed by atoms with Crippen LogP contribution in [0, 0.1) is 0 Å². The quantitative estimate of drug-likeness (QED) is 0.599. The summed E-state index contributed by atoms with van der Waals surface area (Å²) < 4.78 is 9.47. The van der Waals surface area contributed by atoms with Crippen molar-refractivity contribution in [2.75, 3.05) is 18.5 Å². The molecule has 0 atom stereocenters. The molecule has 0 unspecified atom stereocenters. The normalized spacial score (nSPS) is 10.1. The van der Waals surface area contributed by atoms with Gasteiger partial charge < -0.3 is 20.1 Å². The SMILES string of the molecule is CCOC(=O)C(NC(=O)Nc1ccc(Cl)cc1Cl)C(=O)OCC. The fraction of sp³-hybridized carbons (Fsp3) is 0.357. The van der Waals surface area contributed by atoms with Crippen molar-refractivity contribution in [3.05, 3.63) is 28.2 Å². The topological polar surface area (TPSA) is 93.7 Å². The molecule has 0 aromatic heterocycles. The molecule has 0 fully saturated rings. The van der Waals surface area contributed by atoms with Crippen LogP contribution >= 0.6 is 23.2 Å². The number of carbonyl (C=O) groups excluding carboxylic acids is 3. The Hall–Kier alpha value is -1.99. The first kappa shape index (κ1) is 19.1. The molecule has 7 nitrogen and oxygen atoms in total. The van der Waals surface area contributed by atoms with Crippen LogP contribution in [0.25, 0.3) is 0 Å². The molecule has 0 aliphatic carbocycles. The van der Waals surface area contributed by atoms with Gasteiger partial charge in [-0.15, -0.1) is 0 Å². The third kappa shape index (κ3) is 5.96. The Balaban J connectivity index is 2.79. The second-order valence-corrected chi connectivity index (χ2v) is 5.00. The van der Waals surface area contributed by atoms with E-state index in [9.17, 15) is 14.4 Å². The molecule has 0 aliphatic rings. The van der Waals surface area contributed by atoms with Crippen LogP contribution in [0.4, 0.5) is 10.5 Å². The zero-order chi connectivity index (χ0) is 17.4. The predicted molar refractivity (Wildman–Crippen MR) is 85.7 cm³/mol. The standard InChI is InChI=1S/C14H16Cl2N2O5/c1-3-22-12(19)11(13(20)23-4-2)18-14(21)17-10-6-5-8(15)7-9(10)16/h5-7,11H,3-4H2,1-2H3,(H2,17,18,21). The van der Waals surface area contributed by atoms with Gasteiger partial charge in [0.25, 0.3) is 0 Å². The maximum absolute atomic E-state index is 11.9. The first-order valence-corrected chi connectivity index (χ1v) is 7.50. The number of ether oxygens (including phenoxy) is 2. The van der Waals surface area contributed by atoms with Crippen molar-refractivity contribution in [2.45, 2.75) is 19.9 Å². The van der Waals surface area contributed by atoms with Crippen LogP contribution in [0.15, 0.2) is 18.2 Å². The number of carbonyl (C=O) groups is 3. The maximum Gasteiger partial charge on any atom is 0.340 e. The van der Waals surface area contributed by atoms with Crippen molar-refractivity contribution in [3.63, 3.8) is 0 Å². The second kappa shape index (κ2) is 9.22. The lowest BCUT2D eigenvalue weighted by Gasteiger charge is -2.16. The Labute approximate surface area is 143 Å². The van der Waals surface area contributed by atoms with Gasteiger partial charge in [0.1, 0.15) is 0 Å². The van der Waals surface area contributed by atoms with E-state index >= 15 is 0 Å². The Kier molecular flexibility index (Phi) is 7.64. The van der Waals surface area contributed by atoms with Crippen LogP contribution in [0.1, 0.15) is 13.8 Å². The van der Waals surface area contributed by atoms with Gasteiger partial charge in [-0.3, -0.25) is 0 Å². The Morgan fingerprint density at radius 3 is 2.13 bits per heavy atom. The van der Waals surface area contributed by atoms with E-state index in [1.807, 2.05) is 0 Å². The summed E-state index contributed by atoms with van der Waals surface area (Å²) in [6.07, 6.45) is 0. The van der Waals surface area contributed by atoms with Crippen molar-refractivity contribution < 1.29 is 23.9 Å². The zero-order valence-corrected chi connectivity index (χ0v) is 14.0. The van der Waals surface area contributed by atoms with Crippen LogP contribution in [0.2, 0.25) is 10.0 Å². The highest BCUT2D eigenvalue weighted by atomic mass is 35.5. The third-order valence-electron chi connectivity index (χ3n) is 2.50. The van der Waals surface area contributed by atoms with Crippen molar-refractivity contribution in [1.29, 1.82) is 0 Å². The van der Waals surface area contributed by atoms with Crippen molar-refractivity contribution in [3.8, 4) is 0 Å². The summed E-state index contributed by atoms with van der Waals surface area (Å²) in [5.74, 6) is -1.83. The summed E-state index contributed by atoms with van der Waals surface area (Å²) >= 11 is 11.7. The number of halogens is 2. The van der Waals surface area contributed by atoms with Crippen LogP contribution in [-0.2, 0) is 19.1 Å². The lowest BCUT2D eigenvalue weighted by Crippen LogP contribution is -2.49. The second-order valence-electron chi connectivity index (χ2n) is 4.16. The molecular formula is C14H16Cl2N2O5. The van der Waals surface area contributed by atoms with Gasteiger partial charge in [-0.1, -0.05) is 23.2 Å². The van der Waals surface area contributed by atoms with Crippen LogP contribution in [0.3, 0.4) is 0 Å². The molecule has 126 valence electrons. The maximum atomic E-state index is 11.9. The van der Waals surface area contributed by atoms with Crippen molar-refractivity contribution in [1.82, 2.24) is 5.32 Å². The lowest BCUT2D eigenvalue weighted by atomic mass is 10.3. The van der Waals surface area contributed by atoms with E-state index in [0.29, 0.717) is 5.02 Å². The van der Waals surface area contributed by atoms with Gasteiger partial charge in [0, 0.05) is 5.02 Å². The molecule has 0 spiro atoms. The molecule has 1 aromatic carbocycles. The third-order valence-corrected chi connectivity index (χ3v) is 3.05. The first-order valence-electron chi connectivity index (χ1n) is 6.74. The van der Waals surface area contributed by atoms with E-state index in [2.05, 4.69) is 10.6 Å². The van der Waals surface area contributed by atoms with E-state index in [1.165, 1.54) is 18.2 Å². The molecule has 0 saturated carbocycles. The van der Waals surface area contributed by atoms with E-state index in [0.717, 1.165) is 0 Å². The number of rotatable bonds is 6. The number of anilines is 1. The molecule has 0 aliphatic heterocycles. The van der Waals surface area contributed by atoms with Gasteiger partial charge in [0.05, 0.1) is 23.9 Å². The summed E-state index contributed by atoms with van der Waals surface area (Å²) in [6, 6.07) is 2.05. The number of amides is 2. The van der Waals surface area contributed by atoms with E-state index in [4.69, 9.17) is 32.7 Å². The lowest BCUT2D eigenvalue weighted by molar-refractivity contribution is -0.157. The Morgan fingerprint density at radius 1 is 1.09 bits per heavy atom. The number of urea groups is 1. The molecule has 9 heteroatoms. The van der Waals surface area contributed by atoms with E-state index in [-0.39, 0.29) is 23.9 Å². The van der Waals surface area contributed by atoms with E-state index in [1.54, 1.807) is 13.8 Å². The highest BCUT2D eigenvalue weighted by molar-refractivity contribution is 6.36. The Morgan fingerprint density at radius 2 is 1.65 bits per heavy atom. The molecular weight excluding hydrogens is 347 g/mol. The summed E-state index contributed by atoms with van der Waals surface area (Å²) in [7, 11) is 0. The van der Waals surface area contributed by atoms with Gasteiger partial charge in [-0.05, 0) is 32.0 Å². The van der Waals surface area contributed by atoms with Crippen molar-refractivity contribution in [2.24, 2.45) is 0 Å². The highest BCUT2D eigenvalue weighted by Gasteiger charge is 2.31. The molecule has 0 heterocycles. The summed E-state index contributed by atoms with van der Waals surface area (Å²) in [6.45, 7) is 3.27.